The quantitative estimate of drug-likeness (QED) is 0.706. The van der Waals surface area contributed by atoms with Crippen LogP contribution in [0.1, 0.15) is 25.0 Å². The summed E-state index contributed by atoms with van der Waals surface area (Å²) in [5.74, 6) is 0.336. The molecule has 0 aliphatic heterocycles. The van der Waals surface area contributed by atoms with Gasteiger partial charge in [-0.05, 0) is 36.1 Å². The van der Waals surface area contributed by atoms with E-state index < -0.39 is 0 Å². The molecule has 0 atom stereocenters. The minimum Gasteiger partial charge on any atom is -0.207 e. The summed E-state index contributed by atoms with van der Waals surface area (Å²) in [6.45, 7) is 6.25. The van der Waals surface area contributed by atoms with E-state index in [0.717, 1.165) is 16.5 Å². The lowest BCUT2D eigenvalue weighted by atomic mass is 10.00. The van der Waals surface area contributed by atoms with Crippen LogP contribution in [0.15, 0.2) is 23.8 Å². The summed E-state index contributed by atoms with van der Waals surface area (Å²) in [6.07, 6.45) is 2.13. The molecule has 15 heavy (non-hydrogen) atoms. The van der Waals surface area contributed by atoms with Gasteiger partial charge in [-0.3, -0.25) is 0 Å². The van der Waals surface area contributed by atoms with Gasteiger partial charge in [0.05, 0.1) is 0 Å². The van der Waals surface area contributed by atoms with Crippen molar-refractivity contribution in [3.63, 3.8) is 0 Å². The molecule has 0 saturated carbocycles. The second-order valence-electron chi connectivity index (χ2n) is 4.01. The van der Waals surface area contributed by atoms with Crippen LogP contribution >= 0.6 is 15.9 Å². The molecule has 0 saturated heterocycles. The molecule has 0 aliphatic carbocycles. The second-order valence-corrected chi connectivity index (χ2v) is 4.57. The number of allylic oxidation sites excluding steroid dienone is 1. The maximum absolute atomic E-state index is 12.9. The van der Waals surface area contributed by atoms with Crippen molar-refractivity contribution >= 4 is 22.0 Å². The first-order valence-corrected chi connectivity index (χ1v) is 6.19. The van der Waals surface area contributed by atoms with Crippen molar-refractivity contribution in [2.24, 2.45) is 5.92 Å². The van der Waals surface area contributed by atoms with Crippen molar-refractivity contribution in [3.8, 4) is 0 Å². The molecule has 82 valence electrons. The zero-order chi connectivity index (χ0) is 11.4. The van der Waals surface area contributed by atoms with E-state index in [-0.39, 0.29) is 5.82 Å². The molecule has 1 aromatic rings. The molecule has 0 radical (unpaired) electrons. The van der Waals surface area contributed by atoms with E-state index in [1.807, 2.05) is 13.0 Å². The first-order chi connectivity index (χ1) is 7.04. The third kappa shape index (κ3) is 3.45. The van der Waals surface area contributed by atoms with Crippen molar-refractivity contribution in [1.29, 1.82) is 0 Å². The van der Waals surface area contributed by atoms with E-state index >= 15 is 0 Å². The first kappa shape index (κ1) is 12.4. The molecule has 0 aliphatic rings. The highest BCUT2D eigenvalue weighted by Gasteiger charge is 2.03. The summed E-state index contributed by atoms with van der Waals surface area (Å²) in [5.41, 5.74) is 3.40. The maximum Gasteiger partial charge on any atom is 0.123 e. The number of benzene rings is 1. The topological polar surface area (TPSA) is 0 Å². The van der Waals surface area contributed by atoms with Gasteiger partial charge in [0.15, 0.2) is 0 Å². The molecule has 1 aromatic carbocycles. The van der Waals surface area contributed by atoms with Crippen LogP contribution in [0.25, 0.3) is 6.08 Å². The van der Waals surface area contributed by atoms with Crippen LogP contribution in [0.4, 0.5) is 4.39 Å². The van der Waals surface area contributed by atoms with Crippen LogP contribution < -0.4 is 0 Å². The minimum absolute atomic E-state index is 0.172. The van der Waals surface area contributed by atoms with Gasteiger partial charge in [0.2, 0.25) is 0 Å². The zero-order valence-corrected chi connectivity index (χ0v) is 10.9. The average molecular weight is 271 g/mol. The molecule has 0 unspecified atom stereocenters. The number of hydrogen-bond acceptors (Lipinski definition) is 0. The fraction of sp³-hybridized carbons (Fsp3) is 0.385. The molecular weight excluding hydrogens is 255 g/mol. The predicted molar refractivity (Wildman–Crippen MR) is 67.7 cm³/mol. The summed E-state index contributed by atoms with van der Waals surface area (Å²) < 4.78 is 12.9. The summed E-state index contributed by atoms with van der Waals surface area (Å²) in [5, 5.41) is 0.863. The molecular formula is C13H16BrF. The number of hydrogen-bond donors (Lipinski definition) is 0. The SMILES string of the molecule is Cc1cc(F)ccc1C=C(CBr)C(C)C. The van der Waals surface area contributed by atoms with E-state index in [1.165, 1.54) is 11.6 Å². The molecule has 0 spiro atoms. The van der Waals surface area contributed by atoms with Gasteiger partial charge in [-0.1, -0.05) is 47.5 Å². The first-order valence-electron chi connectivity index (χ1n) is 5.07. The predicted octanol–water partition coefficient (Wildman–Crippen LogP) is 4.57. The molecule has 0 bridgehead atoms. The van der Waals surface area contributed by atoms with Gasteiger partial charge in [0, 0.05) is 5.33 Å². The lowest BCUT2D eigenvalue weighted by Gasteiger charge is -2.09. The Kier molecular flexibility index (Phi) is 4.52. The van der Waals surface area contributed by atoms with Crippen molar-refractivity contribution in [1.82, 2.24) is 0 Å². The minimum atomic E-state index is -0.172. The lowest BCUT2D eigenvalue weighted by molar-refractivity contribution is 0.626. The van der Waals surface area contributed by atoms with Crippen molar-refractivity contribution in [2.45, 2.75) is 20.8 Å². The molecule has 0 aromatic heterocycles. The molecule has 1 rings (SSSR count). The van der Waals surface area contributed by atoms with Gasteiger partial charge in [0.1, 0.15) is 5.82 Å². The van der Waals surface area contributed by atoms with Crippen LogP contribution in [0.2, 0.25) is 0 Å². The van der Waals surface area contributed by atoms with E-state index in [0.29, 0.717) is 5.92 Å². The van der Waals surface area contributed by atoms with Gasteiger partial charge in [-0.15, -0.1) is 0 Å². The monoisotopic (exact) mass is 270 g/mol. The van der Waals surface area contributed by atoms with Crippen LogP contribution in [-0.4, -0.2) is 5.33 Å². The smallest absolute Gasteiger partial charge is 0.123 e. The highest BCUT2D eigenvalue weighted by molar-refractivity contribution is 9.09. The Morgan fingerprint density at radius 3 is 2.60 bits per heavy atom. The van der Waals surface area contributed by atoms with Crippen molar-refractivity contribution in [3.05, 3.63) is 40.7 Å². The summed E-state index contributed by atoms with van der Waals surface area (Å²) in [4.78, 5) is 0. The number of alkyl halides is 1. The normalized spacial score (nSPS) is 12.3. The lowest BCUT2D eigenvalue weighted by Crippen LogP contribution is -1.95. The molecule has 0 amide bonds. The molecule has 0 heterocycles. The van der Waals surface area contributed by atoms with E-state index in [4.69, 9.17) is 0 Å². The second kappa shape index (κ2) is 5.45. The highest BCUT2D eigenvalue weighted by Crippen LogP contribution is 2.19. The van der Waals surface area contributed by atoms with Gasteiger partial charge in [-0.25, -0.2) is 4.39 Å². The molecule has 2 heteroatoms. The van der Waals surface area contributed by atoms with Gasteiger partial charge < -0.3 is 0 Å². The Bertz CT molecular complexity index is 367. The van der Waals surface area contributed by atoms with Crippen LogP contribution in [0.5, 0.6) is 0 Å². The third-order valence-electron chi connectivity index (χ3n) is 2.47. The third-order valence-corrected chi connectivity index (χ3v) is 3.12. The number of aryl methyl sites for hydroxylation is 1. The zero-order valence-electron chi connectivity index (χ0n) is 9.35. The van der Waals surface area contributed by atoms with Crippen molar-refractivity contribution < 1.29 is 4.39 Å². The summed E-state index contributed by atoms with van der Waals surface area (Å²) in [7, 11) is 0. The average Bonchev–Trinajstić information content (AvgIpc) is 2.16. The van der Waals surface area contributed by atoms with Gasteiger partial charge in [0.25, 0.3) is 0 Å². The fourth-order valence-corrected chi connectivity index (χ4v) is 2.17. The van der Waals surface area contributed by atoms with E-state index in [1.54, 1.807) is 6.07 Å². The standard InChI is InChI=1S/C13H16BrF/c1-9(2)12(8-14)7-11-4-5-13(15)6-10(11)3/h4-7,9H,8H2,1-3H3. The Morgan fingerprint density at radius 2 is 2.13 bits per heavy atom. The number of halogens is 2. The molecule has 0 nitrogen and oxygen atoms in total. The van der Waals surface area contributed by atoms with Crippen molar-refractivity contribution in [2.75, 3.05) is 5.33 Å². The fourth-order valence-electron chi connectivity index (χ4n) is 1.36. The highest BCUT2D eigenvalue weighted by atomic mass is 79.9. The summed E-state index contributed by atoms with van der Waals surface area (Å²) >= 11 is 3.47. The Balaban J connectivity index is 3.06. The summed E-state index contributed by atoms with van der Waals surface area (Å²) in [6, 6.07) is 4.90. The van der Waals surface area contributed by atoms with Gasteiger partial charge in [-0.2, -0.15) is 0 Å². The van der Waals surface area contributed by atoms with E-state index in [9.17, 15) is 4.39 Å². The molecule has 0 N–H and O–H groups in total. The van der Waals surface area contributed by atoms with Crippen LogP contribution in [0, 0.1) is 18.7 Å². The van der Waals surface area contributed by atoms with Gasteiger partial charge >= 0.3 is 0 Å². The largest absolute Gasteiger partial charge is 0.207 e. The Morgan fingerprint density at radius 1 is 1.47 bits per heavy atom. The van der Waals surface area contributed by atoms with Crippen LogP contribution in [-0.2, 0) is 0 Å². The Hall–Kier alpha value is -0.630. The van der Waals surface area contributed by atoms with E-state index in [2.05, 4.69) is 35.9 Å². The number of rotatable bonds is 3. The van der Waals surface area contributed by atoms with Crippen LogP contribution in [0.3, 0.4) is 0 Å². The Labute approximate surface area is 99.3 Å². The molecule has 0 fully saturated rings. The maximum atomic E-state index is 12.9.